The van der Waals surface area contributed by atoms with Gasteiger partial charge in [-0.2, -0.15) is 0 Å². The number of nitrogens with zero attached hydrogens (tertiary/aromatic N) is 1. The van der Waals surface area contributed by atoms with E-state index in [4.69, 9.17) is 16.3 Å². The maximum Gasteiger partial charge on any atom is 0.265 e. The molecule has 0 saturated heterocycles. The maximum atomic E-state index is 12.3. The number of halogens is 1. The van der Waals surface area contributed by atoms with Gasteiger partial charge in [-0.15, -0.1) is 6.58 Å². The van der Waals surface area contributed by atoms with E-state index < -0.39 is 0 Å². The summed E-state index contributed by atoms with van der Waals surface area (Å²) in [6, 6.07) is 11.8. The second kappa shape index (κ2) is 6.76. The lowest BCUT2D eigenvalue weighted by Crippen LogP contribution is -2.38. The van der Waals surface area contributed by atoms with E-state index in [0.717, 1.165) is 0 Å². The number of benzene rings is 2. The van der Waals surface area contributed by atoms with Crippen molar-refractivity contribution >= 4 is 34.8 Å². The molecule has 2 amide bonds. The molecule has 0 unspecified atom stereocenters. The molecule has 6 heteroatoms. The number of fused-ring (bicyclic) bond motifs is 1. The van der Waals surface area contributed by atoms with E-state index in [-0.39, 0.29) is 18.4 Å². The number of ether oxygens (including phenoxy) is 1. The average molecular weight is 343 g/mol. The highest BCUT2D eigenvalue weighted by atomic mass is 35.5. The zero-order valence-electron chi connectivity index (χ0n) is 12.8. The quantitative estimate of drug-likeness (QED) is 0.865. The van der Waals surface area contributed by atoms with Gasteiger partial charge in [-0.1, -0.05) is 23.7 Å². The van der Waals surface area contributed by atoms with E-state index in [0.29, 0.717) is 34.3 Å². The van der Waals surface area contributed by atoms with Gasteiger partial charge >= 0.3 is 0 Å². The summed E-state index contributed by atoms with van der Waals surface area (Å²) in [5.41, 5.74) is 1.62. The van der Waals surface area contributed by atoms with Crippen LogP contribution in [0.25, 0.3) is 0 Å². The average Bonchev–Trinajstić information content (AvgIpc) is 2.57. The molecule has 5 nitrogen and oxygen atoms in total. The Morgan fingerprint density at radius 2 is 2.17 bits per heavy atom. The van der Waals surface area contributed by atoms with Crippen LogP contribution in [0.3, 0.4) is 0 Å². The van der Waals surface area contributed by atoms with Gasteiger partial charge in [-0.05, 0) is 36.4 Å². The summed E-state index contributed by atoms with van der Waals surface area (Å²) in [4.78, 5) is 25.9. The highest BCUT2D eigenvalue weighted by Crippen LogP contribution is 2.34. The van der Waals surface area contributed by atoms with Crippen LogP contribution >= 0.6 is 11.6 Å². The molecule has 0 saturated carbocycles. The van der Waals surface area contributed by atoms with E-state index in [2.05, 4.69) is 11.9 Å². The van der Waals surface area contributed by atoms with Crippen LogP contribution < -0.4 is 15.0 Å². The molecule has 122 valence electrons. The Labute approximate surface area is 144 Å². The fourth-order valence-electron chi connectivity index (χ4n) is 2.44. The van der Waals surface area contributed by atoms with Gasteiger partial charge in [0.2, 0.25) is 0 Å². The number of hydrogen-bond acceptors (Lipinski definition) is 3. The van der Waals surface area contributed by atoms with E-state index in [1.165, 1.54) is 0 Å². The minimum absolute atomic E-state index is 0.00490. The summed E-state index contributed by atoms with van der Waals surface area (Å²) < 4.78 is 5.42. The normalized spacial score (nSPS) is 13.0. The van der Waals surface area contributed by atoms with Gasteiger partial charge in [0.05, 0.1) is 5.69 Å². The van der Waals surface area contributed by atoms with E-state index in [1.807, 2.05) is 0 Å². The van der Waals surface area contributed by atoms with Crippen LogP contribution in [-0.4, -0.2) is 25.0 Å². The van der Waals surface area contributed by atoms with Gasteiger partial charge in [0.25, 0.3) is 11.8 Å². The Kier molecular flexibility index (Phi) is 4.53. The molecule has 1 aliphatic rings. The van der Waals surface area contributed by atoms with Crippen LogP contribution in [0.2, 0.25) is 5.02 Å². The van der Waals surface area contributed by atoms with Crippen molar-refractivity contribution in [3.8, 4) is 5.75 Å². The first kappa shape index (κ1) is 16.1. The molecule has 0 aliphatic carbocycles. The topological polar surface area (TPSA) is 58.6 Å². The number of anilines is 2. The number of carbonyl (C=O) groups is 2. The lowest BCUT2D eigenvalue weighted by atomic mass is 10.1. The first-order valence-electron chi connectivity index (χ1n) is 7.33. The van der Waals surface area contributed by atoms with Crippen LogP contribution in [-0.2, 0) is 4.79 Å². The highest BCUT2D eigenvalue weighted by Gasteiger charge is 2.25. The number of amides is 2. The van der Waals surface area contributed by atoms with Crippen LogP contribution in [0, 0.1) is 0 Å². The summed E-state index contributed by atoms with van der Waals surface area (Å²) in [6.07, 6.45) is 1.64. The van der Waals surface area contributed by atoms with Crippen molar-refractivity contribution in [2.75, 3.05) is 23.4 Å². The zero-order valence-corrected chi connectivity index (χ0v) is 13.5. The molecule has 0 aromatic heterocycles. The van der Waals surface area contributed by atoms with E-state index in [1.54, 1.807) is 53.4 Å². The summed E-state index contributed by atoms with van der Waals surface area (Å²) in [5, 5.41) is 3.29. The Hall–Kier alpha value is -2.79. The standard InChI is InChI=1S/C18H15ClN2O3/c1-2-8-21-15-10-14(6-7-16(15)24-11-17(21)22)20-18(23)12-4-3-5-13(19)9-12/h2-7,9-10H,1,8,11H2,(H,20,23). The van der Waals surface area contributed by atoms with Crippen molar-refractivity contribution in [2.24, 2.45) is 0 Å². The molecular weight excluding hydrogens is 328 g/mol. The van der Waals surface area contributed by atoms with Crippen molar-refractivity contribution in [3.05, 3.63) is 65.7 Å². The number of nitrogens with one attached hydrogen (secondary N) is 1. The van der Waals surface area contributed by atoms with Crippen LogP contribution in [0.1, 0.15) is 10.4 Å². The van der Waals surface area contributed by atoms with Crippen LogP contribution in [0.5, 0.6) is 5.75 Å². The Morgan fingerprint density at radius 1 is 1.33 bits per heavy atom. The van der Waals surface area contributed by atoms with Crippen molar-refractivity contribution < 1.29 is 14.3 Å². The minimum atomic E-state index is -0.282. The molecular formula is C18H15ClN2O3. The third-order valence-electron chi connectivity index (χ3n) is 3.56. The second-order valence-corrected chi connectivity index (χ2v) is 5.67. The summed E-state index contributed by atoms with van der Waals surface area (Å²) in [7, 11) is 0. The van der Waals surface area contributed by atoms with Crippen molar-refractivity contribution in [1.29, 1.82) is 0 Å². The first-order chi connectivity index (χ1) is 11.6. The Morgan fingerprint density at radius 3 is 2.92 bits per heavy atom. The van der Waals surface area contributed by atoms with E-state index in [9.17, 15) is 9.59 Å². The molecule has 1 heterocycles. The molecule has 24 heavy (non-hydrogen) atoms. The Bertz CT molecular complexity index is 820. The lowest BCUT2D eigenvalue weighted by molar-refractivity contribution is -0.121. The van der Waals surface area contributed by atoms with Gasteiger partial charge in [0.1, 0.15) is 5.75 Å². The van der Waals surface area contributed by atoms with Gasteiger partial charge in [0.15, 0.2) is 6.61 Å². The first-order valence-corrected chi connectivity index (χ1v) is 7.71. The monoisotopic (exact) mass is 342 g/mol. The minimum Gasteiger partial charge on any atom is -0.482 e. The van der Waals surface area contributed by atoms with Crippen molar-refractivity contribution in [3.63, 3.8) is 0 Å². The lowest BCUT2D eigenvalue weighted by Gasteiger charge is -2.28. The number of carbonyl (C=O) groups excluding carboxylic acids is 2. The maximum absolute atomic E-state index is 12.3. The molecule has 0 radical (unpaired) electrons. The smallest absolute Gasteiger partial charge is 0.265 e. The van der Waals surface area contributed by atoms with Gasteiger partial charge in [-0.3, -0.25) is 9.59 Å². The van der Waals surface area contributed by atoms with Crippen LogP contribution in [0.4, 0.5) is 11.4 Å². The Balaban J connectivity index is 1.86. The zero-order chi connectivity index (χ0) is 17.1. The highest BCUT2D eigenvalue weighted by molar-refractivity contribution is 6.31. The molecule has 0 fully saturated rings. The van der Waals surface area contributed by atoms with Crippen molar-refractivity contribution in [1.82, 2.24) is 0 Å². The summed E-state index contributed by atoms with van der Waals surface area (Å²) in [5.74, 6) is 0.161. The predicted molar refractivity (Wildman–Crippen MR) is 93.9 cm³/mol. The summed E-state index contributed by atoms with van der Waals surface area (Å²) >= 11 is 5.91. The third-order valence-corrected chi connectivity index (χ3v) is 3.79. The molecule has 0 spiro atoms. The predicted octanol–water partition coefficient (Wildman–Crippen LogP) is 3.50. The molecule has 0 bridgehead atoms. The fraction of sp³-hybridized carbons (Fsp3) is 0.111. The molecule has 0 atom stereocenters. The largest absolute Gasteiger partial charge is 0.482 e. The van der Waals surface area contributed by atoms with E-state index >= 15 is 0 Å². The van der Waals surface area contributed by atoms with Gasteiger partial charge in [-0.25, -0.2) is 0 Å². The molecule has 1 aliphatic heterocycles. The van der Waals surface area contributed by atoms with Crippen LogP contribution in [0.15, 0.2) is 55.1 Å². The van der Waals surface area contributed by atoms with Gasteiger partial charge in [0, 0.05) is 22.8 Å². The SMILES string of the molecule is C=CCN1C(=O)COc2ccc(NC(=O)c3cccc(Cl)c3)cc21. The fourth-order valence-corrected chi connectivity index (χ4v) is 2.63. The molecule has 2 aromatic carbocycles. The number of hydrogen-bond donors (Lipinski definition) is 1. The van der Waals surface area contributed by atoms with Gasteiger partial charge < -0.3 is 15.0 Å². The van der Waals surface area contributed by atoms with Crippen molar-refractivity contribution in [2.45, 2.75) is 0 Å². The third kappa shape index (κ3) is 3.26. The number of rotatable bonds is 4. The second-order valence-electron chi connectivity index (χ2n) is 5.23. The molecule has 1 N–H and O–H groups in total. The molecule has 2 aromatic rings. The summed E-state index contributed by atoms with van der Waals surface area (Å²) in [6.45, 7) is 4.03. The molecule has 3 rings (SSSR count).